The monoisotopic (exact) mass is 1270 g/mol. The number of aliphatic carboxylic acids is 2. The SMILES string of the molecule is Cc1c(C)c(OCC(=O)[O-])c(C)c2c1CCC(C)(CCCC(C)CCCC(C)CCCC(C)C)O2.Cc1c(C)c(OCC(=O)[O-])c(C)c2c1CCC(C)(CCCC(C)CCCC(C)CCCC(C)C)O2.N.N.[Cl-].[Cl-].[Pt+4]. The van der Waals surface area contributed by atoms with Gasteiger partial charge in [0, 0.05) is 11.1 Å². The van der Waals surface area contributed by atoms with Gasteiger partial charge in [0.25, 0.3) is 0 Å². The fourth-order valence-corrected chi connectivity index (χ4v) is 11.3. The third kappa shape index (κ3) is 26.1. The summed E-state index contributed by atoms with van der Waals surface area (Å²) in [4.78, 5) is 21.9. The molecule has 2 aromatic rings. The van der Waals surface area contributed by atoms with Gasteiger partial charge in [0.05, 0.1) is 11.9 Å². The average Bonchev–Trinajstić information content (AvgIpc) is 3.27. The first-order chi connectivity index (χ1) is 32.9. The van der Waals surface area contributed by atoms with Crippen molar-refractivity contribution in [2.24, 2.45) is 35.5 Å². The van der Waals surface area contributed by atoms with Crippen molar-refractivity contribution in [1.82, 2.24) is 12.3 Å². The minimum Gasteiger partial charge on any atom is -1.00 e. The van der Waals surface area contributed by atoms with Crippen molar-refractivity contribution < 1.29 is 84.6 Å². The molecule has 4 rings (SSSR count). The zero-order valence-electron chi connectivity index (χ0n) is 50.2. The quantitative estimate of drug-likeness (QED) is 0.0765. The number of halogens is 2. The molecule has 2 aliphatic heterocycles. The Hall–Kier alpha value is -2.23. The minimum atomic E-state index is -1.21. The van der Waals surface area contributed by atoms with Crippen LogP contribution in [0, 0.1) is 77.0 Å². The van der Waals surface area contributed by atoms with Crippen LogP contribution in [0.15, 0.2) is 0 Å². The number of rotatable bonds is 30. The number of hydrogen-bond acceptors (Lipinski definition) is 10. The van der Waals surface area contributed by atoms with E-state index in [0.29, 0.717) is 11.5 Å². The van der Waals surface area contributed by atoms with Gasteiger partial charge >= 0.3 is 21.1 Å². The van der Waals surface area contributed by atoms with Gasteiger partial charge in [-0.05, 0) is 176 Å². The van der Waals surface area contributed by atoms with E-state index in [4.69, 9.17) is 18.9 Å². The van der Waals surface area contributed by atoms with Gasteiger partial charge in [-0.15, -0.1) is 0 Å². The Kier molecular flexibility index (Phi) is 38.6. The molecule has 2 heterocycles. The molecular weight excluding hydrogens is 1170 g/mol. The molecule has 75 heavy (non-hydrogen) atoms. The number of carbonyl (C=O) groups is 2. The molecule has 6 atom stereocenters. The largest absolute Gasteiger partial charge is 4.00 e. The fourth-order valence-electron chi connectivity index (χ4n) is 11.3. The first-order valence-electron chi connectivity index (χ1n) is 28.1. The first-order valence-corrected chi connectivity index (χ1v) is 28.1. The second kappa shape index (κ2) is 37.6. The smallest absolute Gasteiger partial charge is 1.00 e. The van der Waals surface area contributed by atoms with E-state index in [1.165, 1.54) is 114 Å². The standard InChI is InChI=1S/2C31H52O4.2ClH.2H3N.Pt/c2*1-21(2)12-9-13-22(3)14-10-15-23(4)16-11-18-31(8)19-17-27-24(5)25(6)29(34-20-28(32)33)26(7)30(27)35-31;;;;;/h2*21-23H,9-20H2,1-8H3,(H,32,33);2*1H;2*1H3;/q;;;;;;+4/p-4. The summed E-state index contributed by atoms with van der Waals surface area (Å²) >= 11 is 0. The summed E-state index contributed by atoms with van der Waals surface area (Å²) in [6, 6.07) is 0. The molecule has 0 spiro atoms. The van der Waals surface area contributed by atoms with Gasteiger partial charge in [0.1, 0.15) is 47.4 Å². The van der Waals surface area contributed by atoms with Gasteiger partial charge in [-0.3, -0.25) is 0 Å². The summed E-state index contributed by atoms with van der Waals surface area (Å²) in [6.07, 6.45) is 27.2. The van der Waals surface area contributed by atoms with Crippen molar-refractivity contribution in [2.75, 3.05) is 13.2 Å². The molecule has 0 saturated heterocycles. The van der Waals surface area contributed by atoms with E-state index in [1.54, 1.807) is 0 Å². The van der Waals surface area contributed by atoms with Gasteiger partial charge in [-0.1, -0.05) is 145 Å². The summed E-state index contributed by atoms with van der Waals surface area (Å²) in [6.45, 7) is 34.6. The van der Waals surface area contributed by atoms with Crippen LogP contribution in [0.2, 0.25) is 0 Å². The van der Waals surface area contributed by atoms with Gasteiger partial charge < -0.3 is 75.9 Å². The van der Waals surface area contributed by atoms with Gasteiger partial charge in [-0.25, -0.2) is 0 Å². The molecule has 6 N–H and O–H groups in total. The molecule has 2 aliphatic rings. The van der Waals surface area contributed by atoms with Crippen molar-refractivity contribution in [2.45, 2.75) is 263 Å². The van der Waals surface area contributed by atoms with Crippen LogP contribution in [-0.4, -0.2) is 36.4 Å². The zero-order chi connectivity index (χ0) is 52.3. The third-order valence-corrected chi connectivity index (χ3v) is 16.3. The molecule has 0 amide bonds. The summed E-state index contributed by atoms with van der Waals surface area (Å²) in [7, 11) is 0. The molecular formula is C62H108Cl2N2O8Pt. The number of hydrogen-bond donors (Lipinski definition) is 2. The number of ether oxygens (including phenoxy) is 4. The van der Waals surface area contributed by atoms with E-state index in [2.05, 4.69) is 83.1 Å². The van der Waals surface area contributed by atoms with Crippen molar-refractivity contribution >= 4 is 11.9 Å². The zero-order valence-corrected chi connectivity index (χ0v) is 54.0. The van der Waals surface area contributed by atoms with Crippen molar-refractivity contribution in [3.63, 3.8) is 0 Å². The van der Waals surface area contributed by atoms with Gasteiger partial charge in [-0.2, -0.15) is 0 Å². The second-order valence-corrected chi connectivity index (χ2v) is 24.2. The maximum Gasteiger partial charge on any atom is 4.00 e. The summed E-state index contributed by atoms with van der Waals surface area (Å²) < 4.78 is 24.5. The topological polar surface area (TPSA) is 187 Å². The van der Waals surface area contributed by atoms with Crippen LogP contribution in [0.1, 0.15) is 242 Å². The Morgan fingerprint density at radius 2 is 0.733 bits per heavy atom. The Morgan fingerprint density at radius 3 is 1.00 bits per heavy atom. The Morgan fingerprint density at radius 1 is 0.467 bits per heavy atom. The number of benzene rings is 2. The van der Waals surface area contributed by atoms with Crippen molar-refractivity contribution in [3.8, 4) is 23.0 Å². The molecule has 2 aromatic carbocycles. The molecule has 0 bridgehead atoms. The van der Waals surface area contributed by atoms with E-state index in [1.807, 2.05) is 27.7 Å². The molecule has 0 fully saturated rings. The van der Waals surface area contributed by atoms with Crippen LogP contribution < -0.4 is 66.3 Å². The molecule has 438 valence electrons. The van der Waals surface area contributed by atoms with Gasteiger partial charge in [0.2, 0.25) is 0 Å². The summed E-state index contributed by atoms with van der Waals surface area (Å²) in [5.41, 5.74) is 8.23. The van der Waals surface area contributed by atoms with Gasteiger partial charge in [0.15, 0.2) is 0 Å². The molecule has 10 nitrogen and oxygen atoms in total. The summed E-state index contributed by atoms with van der Waals surface area (Å²) in [5, 5.41) is 21.9. The Bertz CT molecular complexity index is 1830. The van der Waals surface area contributed by atoms with Crippen LogP contribution in [0.4, 0.5) is 0 Å². The number of carboxylic acid groups (broad SMARTS) is 2. The molecule has 13 heteroatoms. The van der Waals surface area contributed by atoms with E-state index >= 15 is 0 Å². The van der Waals surface area contributed by atoms with Crippen LogP contribution in [0.3, 0.4) is 0 Å². The van der Waals surface area contributed by atoms with E-state index < -0.39 is 25.2 Å². The second-order valence-electron chi connectivity index (χ2n) is 24.2. The van der Waals surface area contributed by atoms with Crippen molar-refractivity contribution in [3.05, 3.63) is 44.5 Å². The van der Waals surface area contributed by atoms with E-state index in [0.717, 1.165) is 119 Å². The maximum atomic E-state index is 10.9. The van der Waals surface area contributed by atoms with Crippen LogP contribution >= 0.6 is 0 Å². The van der Waals surface area contributed by atoms with Crippen molar-refractivity contribution in [1.29, 1.82) is 0 Å². The normalized spacial score (nSPS) is 17.9. The maximum absolute atomic E-state index is 10.9. The van der Waals surface area contributed by atoms with E-state index in [-0.39, 0.29) is 69.4 Å². The first kappa shape index (κ1) is 77.0. The molecule has 0 aromatic heterocycles. The molecule has 0 radical (unpaired) electrons. The Balaban J connectivity index is -0.00000130. The van der Waals surface area contributed by atoms with Crippen LogP contribution in [0.25, 0.3) is 0 Å². The summed E-state index contributed by atoms with van der Waals surface area (Å²) in [5.74, 6) is 5.51. The predicted molar refractivity (Wildman–Crippen MR) is 297 cm³/mol. The molecule has 0 saturated carbocycles. The van der Waals surface area contributed by atoms with Crippen LogP contribution in [0.5, 0.6) is 23.0 Å². The predicted octanol–water partition coefficient (Wildman–Crippen LogP) is 8.86. The number of carboxylic acids is 2. The molecule has 0 aliphatic carbocycles. The Labute approximate surface area is 485 Å². The van der Waals surface area contributed by atoms with Crippen LogP contribution in [-0.2, 0) is 43.5 Å². The third-order valence-electron chi connectivity index (χ3n) is 16.3. The minimum absolute atomic E-state index is 0. The fraction of sp³-hybridized carbons (Fsp3) is 0.774. The number of carbonyl (C=O) groups excluding carboxylic acids is 2. The average molecular weight is 1280 g/mol. The number of fused-ring (bicyclic) bond motifs is 2. The molecule has 6 unspecified atom stereocenters. The van der Waals surface area contributed by atoms with E-state index in [9.17, 15) is 19.8 Å².